The van der Waals surface area contributed by atoms with Gasteiger partial charge in [-0.05, 0) is 37.6 Å². The van der Waals surface area contributed by atoms with Crippen molar-refractivity contribution in [2.45, 2.75) is 18.6 Å². The summed E-state index contributed by atoms with van der Waals surface area (Å²) in [5.74, 6) is 2.58. The number of benzene rings is 1. The minimum absolute atomic E-state index is 0.0807. The highest BCUT2D eigenvalue weighted by atomic mass is 32.2. The lowest BCUT2D eigenvalue weighted by Crippen LogP contribution is -2.36. The van der Waals surface area contributed by atoms with E-state index in [0.717, 1.165) is 24.5 Å². The van der Waals surface area contributed by atoms with Crippen LogP contribution in [0.1, 0.15) is 24.4 Å². The molecule has 1 fully saturated rings. The number of para-hydroxylation sites is 2. The predicted molar refractivity (Wildman–Crippen MR) is 96.7 cm³/mol. The number of anilines is 1. The van der Waals surface area contributed by atoms with E-state index in [4.69, 9.17) is 9.15 Å². The van der Waals surface area contributed by atoms with Crippen LogP contribution in [0.5, 0.6) is 5.75 Å². The summed E-state index contributed by atoms with van der Waals surface area (Å²) in [6.45, 7) is 3.93. The second-order valence-corrected chi connectivity index (χ2v) is 6.82. The molecule has 0 bridgehead atoms. The Morgan fingerprint density at radius 2 is 2.21 bits per heavy atom. The number of urea groups is 1. The molecule has 1 aliphatic rings. The van der Waals surface area contributed by atoms with Gasteiger partial charge in [-0.1, -0.05) is 12.1 Å². The summed E-state index contributed by atoms with van der Waals surface area (Å²) in [6, 6.07) is 11.4. The topological polar surface area (TPSA) is 54.7 Å². The van der Waals surface area contributed by atoms with Crippen molar-refractivity contribution in [3.05, 3.63) is 48.4 Å². The number of carbonyl (C=O) groups excluding carboxylic acids is 1. The van der Waals surface area contributed by atoms with E-state index >= 15 is 0 Å². The fourth-order valence-electron chi connectivity index (χ4n) is 2.72. The molecule has 24 heavy (non-hydrogen) atoms. The summed E-state index contributed by atoms with van der Waals surface area (Å²) in [4.78, 5) is 14.5. The van der Waals surface area contributed by atoms with E-state index in [9.17, 15) is 4.79 Å². The molecule has 128 valence electrons. The average Bonchev–Trinajstić information content (AvgIpc) is 3.01. The third-order valence-corrected chi connectivity index (χ3v) is 5.21. The first kappa shape index (κ1) is 16.8. The molecule has 1 aliphatic heterocycles. The fraction of sp³-hybridized carbons (Fsp3) is 0.389. The monoisotopic (exact) mass is 346 g/mol. The molecule has 0 aliphatic carbocycles. The van der Waals surface area contributed by atoms with E-state index in [1.807, 2.05) is 60.0 Å². The van der Waals surface area contributed by atoms with Crippen LogP contribution in [-0.4, -0.2) is 36.4 Å². The minimum Gasteiger partial charge on any atom is -0.492 e. The van der Waals surface area contributed by atoms with Crippen LogP contribution in [0.15, 0.2) is 47.1 Å². The van der Waals surface area contributed by atoms with Crippen LogP contribution in [0.2, 0.25) is 0 Å². The van der Waals surface area contributed by atoms with Crippen molar-refractivity contribution in [2.75, 3.05) is 30.8 Å². The molecule has 6 heteroatoms. The number of nitrogens with zero attached hydrogens (tertiary/aromatic N) is 1. The predicted octanol–water partition coefficient (Wildman–Crippen LogP) is 4.39. The number of rotatable bonds is 4. The zero-order chi connectivity index (χ0) is 16.8. The van der Waals surface area contributed by atoms with Crippen LogP contribution in [0.3, 0.4) is 0 Å². The summed E-state index contributed by atoms with van der Waals surface area (Å²) >= 11 is 1.84. The Labute approximate surface area is 146 Å². The minimum atomic E-state index is -0.0807. The number of furan rings is 1. The highest BCUT2D eigenvalue weighted by molar-refractivity contribution is 7.99. The maximum atomic E-state index is 12.6. The quantitative estimate of drug-likeness (QED) is 0.892. The lowest BCUT2D eigenvalue weighted by molar-refractivity contribution is 0.214. The van der Waals surface area contributed by atoms with Crippen LogP contribution in [0.25, 0.3) is 0 Å². The summed E-state index contributed by atoms with van der Waals surface area (Å²) in [5, 5.41) is 3.29. The van der Waals surface area contributed by atoms with Crippen molar-refractivity contribution in [3.8, 4) is 5.75 Å². The maximum absolute atomic E-state index is 12.6. The number of nitrogens with one attached hydrogen (secondary N) is 1. The van der Waals surface area contributed by atoms with Gasteiger partial charge in [-0.3, -0.25) is 0 Å². The summed E-state index contributed by atoms with van der Waals surface area (Å²) in [7, 11) is 0. The molecular formula is C18H22N2O3S. The van der Waals surface area contributed by atoms with Gasteiger partial charge in [0, 0.05) is 18.8 Å². The van der Waals surface area contributed by atoms with E-state index in [1.54, 1.807) is 6.26 Å². The molecular weight excluding hydrogens is 324 g/mol. The van der Waals surface area contributed by atoms with Crippen molar-refractivity contribution in [1.82, 2.24) is 4.90 Å². The molecule has 3 rings (SSSR count). The zero-order valence-corrected chi connectivity index (χ0v) is 14.6. The van der Waals surface area contributed by atoms with Gasteiger partial charge in [0.2, 0.25) is 0 Å². The largest absolute Gasteiger partial charge is 0.492 e. The molecule has 1 N–H and O–H groups in total. The summed E-state index contributed by atoms with van der Waals surface area (Å²) < 4.78 is 11.1. The van der Waals surface area contributed by atoms with Gasteiger partial charge in [-0.15, -0.1) is 11.8 Å². The van der Waals surface area contributed by atoms with Gasteiger partial charge in [0.25, 0.3) is 0 Å². The number of ether oxygens (including phenoxy) is 1. The smallest absolute Gasteiger partial charge is 0.321 e. The molecule has 2 amide bonds. The van der Waals surface area contributed by atoms with E-state index in [-0.39, 0.29) is 6.03 Å². The number of hydrogen-bond acceptors (Lipinski definition) is 4. The zero-order valence-electron chi connectivity index (χ0n) is 13.7. The molecule has 1 atom stereocenters. The second-order valence-electron chi connectivity index (χ2n) is 5.51. The van der Waals surface area contributed by atoms with Gasteiger partial charge in [-0.25, -0.2) is 4.79 Å². The van der Waals surface area contributed by atoms with Crippen molar-refractivity contribution in [3.63, 3.8) is 0 Å². The highest BCUT2D eigenvalue weighted by Gasteiger charge is 2.24. The Morgan fingerprint density at radius 3 is 3.00 bits per heavy atom. The molecule has 1 aromatic heterocycles. The van der Waals surface area contributed by atoms with Crippen molar-refractivity contribution in [2.24, 2.45) is 0 Å². The molecule has 0 radical (unpaired) electrons. The Hall–Kier alpha value is -2.08. The molecule has 5 nitrogen and oxygen atoms in total. The summed E-state index contributed by atoms with van der Waals surface area (Å²) in [6.07, 6.45) is 2.59. The normalized spacial score (nSPS) is 18.0. The van der Waals surface area contributed by atoms with Crippen LogP contribution >= 0.6 is 11.8 Å². The van der Waals surface area contributed by atoms with Gasteiger partial charge in [0.1, 0.15) is 11.5 Å². The van der Waals surface area contributed by atoms with Crippen molar-refractivity contribution in [1.29, 1.82) is 0 Å². The number of thioether (sulfide) groups is 1. The molecule has 1 aromatic carbocycles. The number of carbonyl (C=O) groups is 1. The standard InChI is InChI=1S/C18H22N2O3S/c1-2-22-15-7-4-3-6-14(15)19-18(21)20-10-9-17(24-13-11-20)16-8-5-12-23-16/h3-8,12,17H,2,9-11,13H2,1H3,(H,19,21)/t17-/m0/s1. The highest BCUT2D eigenvalue weighted by Crippen LogP contribution is 2.34. The lowest BCUT2D eigenvalue weighted by atomic mass is 10.2. The number of hydrogen-bond donors (Lipinski definition) is 1. The lowest BCUT2D eigenvalue weighted by Gasteiger charge is -2.21. The maximum Gasteiger partial charge on any atom is 0.321 e. The van der Waals surface area contributed by atoms with E-state index in [1.165, 1.54) is 0 Å². The van der Waals surface area contributed by atoms with Crippen LogP contribution in [-0.2, 0) is 0 Å². The SMILES string of the molecule is CCOc1ccccc1NC(=O)N1CCS[C@H](c2ccco2)CC1. The van der Waals surface area contributed by atoms with Gasteiger partial charge in [0.05, 0.1) is 23.8 Å². The molecule has 0 spiro atoms. The molecule has 1 saturated heterocycles. The first-order valence-corrected chi connectivity index (χ1v) is 9.25. The van der Waals surface area contributed by atoms with Gasteiger partial charge < -0.3 is 19.4 Å². The first-order valence-electron chi connectivity index (χ1n) is 8.20. The Bertz CT molecular complexity index is 660. The average molecular weight is 346 g/mol. The molecule has 0 saturated carbocycles. The first-order chi connectivity index (χ1) is 11.8. The van der Waals surface area contributed by atoms with E-state index < -0.39 is 0 Å². The van der Waals surface area contributed by atoms with Crippen LogP contribution in [0, 0.1) is 0 Å². The van der Waals surface area contributed by atoms with Gasteiger partial charge in [-0.2, -0.15) is 0 Å². The van der Waals surface area contributed by atoms with Crippen LogP contribution < -0.4 is 10.1 Å². The summed E-state index contributed by atoms with van der Waals surface area (Å²) in [5.41, 5.74) is 0.712. The third kappa shape index (κ3) is 4.06. The Kier molecular flexibility index (Phi) is 5.69. The van der Waals surface area contributed by atoms with Crippen molar-refractivity contribution < 1.29 is 13.9 Å². The number of amides is 2. The van der Waals surface area contributed by atoms with Gasteiger partial charge >= 0.3 is 6.03 Å². The molecule has 0 unspecified atom stereocenters. The van der Waals surface area contributed by atoms with Crippen LogP contribution in [0.4, 0.5) is 10.5 Å². The Morgan fingerprint density at radius 1 is 1.33 bits per heavy atom. The van der Waals surface area contributed by atoms with Gasteiger partial charge in [0.15, 0.2) is 0 Å². The second kappa shape index (κ2) is 8.15. The molecule has 2 aromatic rings. The third-order valence-electron chi connectivity index (χ3n) is 3.92. The molecule has 2 heterocycles. The fourth-order valence-corrected chi connectivity index (χ4v) is 3.90. The van der Waals surface area contributed by atoms with Crippen molar-refractivity contribution >= 4 is 23.5 Å². The Balaban J connectivity index is 1.61. The van der Waals surface area contributed by atoms with E-state index in [2.05, 4.69) is 5.32 Å². The van der Waals surface area contributed by atoms with E-state index in [0.29, 0.717) is 29.8 Å².